The summed E-state index contributed by atoms with van der Waals surface area (Å²) >= 11 is 0. The van der Waals surface area contributed by atoms with E-state index < -0.39 is 11.9 Å². The van der Waals surface area contributed by atoms with Crippen LogP contribution in [-0.4, -0.2) is 79.5 Å². The van der Waals surface area contributed by atoms with Gasteiger partial charge < -0.3 is 25.6 Å². The maximum atomic E-state index is 13.5. The van der Waals surface area contributed by atoms with E-state index in [0.717, 1.165) is 38.5 Å². The van der Waals surface area contributed by atoms with Crippen LogP contribution in [0.3, 0.4) is 0 Å². The Bertz CT molecular complexity index is 923. The highest BCUT2D eigenvalue weighted by Gasteiger charge is 2.45. The minimum Gasteiger partial charge on any atom is -0.383 e. The molecule has 1 aliphatic heterocycles. The van der Waals surface area contributed by atoms with Gasteiger partial charge in [0.2, 0.25) is 11.8 Å². The third-order valence-electron chi connectivity index (χ3n) is 7.91. The molecule has 1 saturated heterocycles. The van der Waals surface area contributed by atoms with Gasteiger partial charge in [0.25, 0.3) is 5.91 Å². The van der Waals surface area contributed by atoms with E-state index in [1.165, 1.54) is 24.3 Å². The molecule has 4 rings (SSSR count). The topological polar surface area (TPSA) is 105 Å². The molecule has 0 radical (unpaired) electrons. The van der Waals surface area contributed by atoms with Gasteiger partial charge in [0.15, 0.2) is 0 Å². The van der Waals surface area contributed by atoms with Crippen LogP contribution in [0.25, 0.3) is 0 Å². The standard InChI is InChI=1S/C27H39FN4O4/c1-36-12-11-31(26(34)20-5-6-20)23-14-24(25(33)30-16-19-4-2-3-18(13-19)15-29)32(17-23)27(35)21-7-9-22(28)10-8-21/h7-10,18-20,23-24H,2-6,11-17,29H2,1H3,(H,30,33). The summed E-state index contributed by atoms with van der Waals surface area (Å²) in [7, 11) is 1.59. The molecule has 4 unspecified atom stereocenters. The van der Waals surface area contributed by atoms with Gasteiger partial charge in [-0.25, -0.2) is 4.39 Å². The molecule has 8 nitrogen and oxygen atoms in total. The fourth-order valence-corrected chi connectivity index (χ4v) is 5.66. The molecule has 4 atom stereocenters. The molecule has 3 fully saturated rings. The van der Waals surface area contributed by atoms with E-state index in [4.69, 9.17) is 10.5 Å². The van der Waals surface area contributed by atoms with Gasteiger partial charge in [-0.05, 0) is 81.2 Å². The average molecular weight is 503 g/mol. The molecular weight excluding hydrogens is 463 g/mol. The van der Waals surface area contributed by atoms with Gasteiger partial charge in [-0.1, -0.05) is 6.42 Å². The van der Waals surface area contributed by atoms with E-state index in [-0.39, 0.29) is 36.2 Å². The van der Waals surface area contributed by atoms with Crippen molar-refractivity contribution in [3.8, 4) is 0 Å². The predicted octanol–water partition coefficient (Wildman–Crippen LogP) is 2.18. The number of halogens is 1. The maximum absolute atomic E-state index is 13.5. The SMILES string of the molecule is COCCN(C(=O)C1CC1)C1CC(C(=O)NCC2CCCC(CN)C2)N(C(=O)c2ccc(F)cc2)C1. The largest absolute Gasteiger partial charge is 0.383 e. The predicted molar refractivity (Wildman–Crippen MR) is 133 cm³/mol. The number of amides is 3. The molecule has 198 valence electrons. The van der Waals surface area contributed by atoms with E-state index in [9.17, 15) is 18.8 Å². The van der Waals surface area contributed by atoms with Gasteiger partial charge in [-0.15, -0.1) is 0 Å². The number of carbonyl (C=O) groups excluding carboxylic acids is 3. The van der Waals surface area contributed by atoms with Gasteiger partial charge in [0, 0.05) is 38.2 Å². The summed E-state index contributed by atoms with van der Waals surface area (Å²) in [5.74, 6) is 0.0157. The number of nitrogens with two attached hydrogens (primary N) is 1. The lowest BCUT2D eigenvalue weighted by atomic mass is 9.81. The number of benzene rings is 1. The monoisotopic (exact) mass is 502 g/mol. The number of methoxy groups -OCH3 is 1. The second kappa shape index (κ2) is 12.1. The quantitative estimate of drug-likeness (QED) is 0.510. The summed E-state index contributed by atoms with van der Waals surface area (Å²) in [6.45, 7) is 2.30. The highest BCUT2D eigenvalue weighted by atomic mass is 19.1. The van der Waals surface area contributed by atoms with Crippen molar-refractivity contribution in [2.45, 2.75) is 57.0 Å². The van der Waals surface area contributed by atoms with Crippen molar-refractivity contribution in [2.24, 2.45) is 23.5 Å². The zero-order valence-corrected chi connectivity index (χ0v) is 21.2. The van der Waals surface area contributed by atoms with Gasteiger partial charge in [-0.2, -0.15) is 0 Å². The molecule has 9 heteroatoms. The number of nitrogens with one attached hydrogen (secondary N) is 1. The Morgan fingerprint density at radius 2 is 1.83 bits per heavy atom. The molecular formula is C27H39FN4O4. The molecule has 36 heavy (non-hydrogen) atoms. The molecule has 3 N–H and O–H groups in total. The molecule has 0 spiro atoms. The van der Waals surface area contributed by atoms with Crippen LogP contribution in [0.5, 0.6) is 0 Å². The zero-order valence-electron chi connectivity index (χ0n) is 21.2. The number of carbonyl (C=O) groups is 3. The smallest absolute Gasteiger partial charge is 0.254 e. The van der Waals surface area contributed by atoms with Crippen LogP contribution in [0.15, 0.2) is 24.3 Å². The van der Waals surface area contributed by atoms with Crippen LogP contribution >= 0.6 is 0 Å². The summed E-state index contributed by atoms with van der Waals surface area (Å²) in [5.41, 5.74) is 6.19. The van der Waals surface area contributed by atoms with Crippen molar-refractivity contribution in [1.82, 2.24) is 15.1 Å². The van der Waals surface area contributed by atoms with Crippen LogP contribution in [-0.2, 0) is 14.3 Å². The molecule has 1 heterocycles. The number of hydrogen-bond donors (Lipinski definition) is 2. The highest BCUT2D eigenvalue weighted by Crippen LogP contribution is 2.34. The van der Waals surface area contributed by atoms with Crippen molar-refractivity contribution >= 4 is 17.7 Å². The Kier molecular flexibility index (Phi) is 8.95. The van der Waals surface area contributed by atoms with Crippen LogP contribution in [0.4, 0.5) is 4.39 Å². The first-order chi connectivity index (χ1) is 17.4. The summed E-state index contributed by atoms with van der Waals surface area (Å²) in [5, 5.41) is 3.09. The van der Waals surface area contributed by atoms with Crippen molar-refractivity contribution in [3.05, 3.63) is 35.6 Å². The van der Waals surface area contributed by atoms with Crippen LogP contribution < -0.4 is 11.1 Å². The summed E-state index contributed by atoms with van der Waals surface area (Å²) in [6, 6.07) is 4.39. The Balaban J connectivity index is 1.49. The molecule has 3 aliphatic rings. The van der Waals surface area contributed by atoms with E-state index in [2.05, 4.69) is 5.32 Å². The van der Waals surface area contributed by atoms with Crippen LogP contribution in [0.1, 0.15) is 55.3 Å². The summed E-state index contributed by atoms with van der Waals surface area (Å²) < 4.78 is 18.7. The summed E-state index contributed by atoms with van der Waals surface area (Å²) in [6.07, 6.45) is 6.44. The second-order valence-electron chi connectivity index (χ2n) is 10.5. The van der Waals surface area contributed by atoms with Gasteiger partial charge in [0.05, 0.1) is 12.6 Å². The Hall–Kier alpha value is -2.52. The zero-order chi connectivity index (χ0) is 25.7. The number of nitrogens with zero attached hydrogens (tertiary/aromatic N) is 2. The van der Waals surface area contributed by atoms with E-state index in [0.29, 0.717) is 50.1 Å². The van der Waals surface area contributed by atoms with Gasteiger partial charge >= 0.3 is 0 Å². The van der Waals surface area contributed by atoms with Crippen LogP contribution in [0, 0.1) is 23.6 Å². The Morgan fingerprint density at radius 1 is 1.11 bits per heavy atom. The third kappa shape index (κ3) is 6.42. The van der Waals surface area contributed by atoms with Crippen LogP contribution in [0.2, 0.25) is 0 Å². The third-order valence-corrected chi connectivity index (χ3v) is 7.91. The number of likely N-dealkylation sites (tertiary alicyclic amines) is 1. The fourth-order valence-electron chi connectivity index (χ4n) is 5.66. The first-order valence-corrected chi connectivity index (χ1v) is 13.2. The molecule has 2 saturated carbocycles. The minimum atomic E-state index is -0.696. The fraction of sp³-hybridized carbons (Fsp3) is 0.667. The molecule has 0 bridgehead atoms. The second-order valence-corrected chi connectivity index (χ2v) is 10.5. The number of hydrogen-bond acceptors (Lipinski definition) is 5. The lowest BCUT2D eigenvalue weighted by Gasteiger charge is -2.29. The van der Waals surface area contributed by atoms with Gasteiger partial charge in [-0.3, -0.25) is 14.4 Å². The van der Waals surface area contributed by atoms with E-state index in [1.807, 2.05) is 0 Å². The molecule has 0 aromatic heterocycles. The molecule has 1 aromatic carbocycles. The van der Waals surface area contributed by atoms with Crippen molar-refractivity contribution in [1.29, 1.82) is 0 Å². The number of ether oxygens (including phenoxy) is 1. The Morgan fingerprint density at radius 3 is 2.50 bits per heavy atom. The molecule has 2 aliphatic carbocycles. The van der Waals surface area contributed by atoms with E-state index >= 15 is 0 Å². The normalized spacial score (nSPS) is 26.0. The van der Waals surface area contributed by atoms with Crippen molar-refractivity contribution < 1.29 is 23.5 Å². The van der Waals surface area contributed by atoms with E-state index in [1.54, 1.807) is 16.9 Å². The van der Waals surface area contributed by atoms with Crippen molar-refractivity contribution in [3.63, 3.8) is 0 Å². The minimum absolute atomic E-state index is 0.0257. The maximum Gasteiger partial charge on any atom is 0.254 e. The Labute approximate surface area is 212 Å². The van der Waals surface area contributed by atoms with Crippen molar-refractivity contribution in [2.75, 3.05) is 39.9 Å². The number of rotatable bonds is 10. The lowest BCUT2D eigenvalue weighted by Crippen LogP contribution is -2.47. The average Bonchev–Trinajstić information content (AvgIpc) is 3.66. The first kappa shape index (κ1) is 26.5. The molecule has 3 amide bonds. The highest BCUT2D eigenvalue weighted by molar-refractivity contribution is 5.98. The lowest BCUT2D eigenvalue weighted by molar-refractivity contribution is -0.135. The van der Waals surface area contributed by atoms with Gasteiger partial charge in [0.1, 0.15) is 11.9 Å². The first-order valence-electron chi connectivity index (χ1n) is 13.2. The molecule has 1 aromatic rings. The summed E-state index contributed by atoms with van der Waals surface area (Å²) in [4.78, 5) is 43.3.